The second kappa shape index (κ2) is 5.32. The molecule has 74 valence electrons. The van der Waals surface area contributed by atoms with Crippen LogP contribution in [0.4, 0.5) is 0 Å². The van der Waals surface area contributed by atoms with Crippen molar-refractivity contribution in [2.24, 2.45) is 0 Å². The van der Waals surface area contributed by atoms with Crippen molar-refractivity contribution in [1.82, 2.24) is 10.3 Å². The molecule has 1 rings (SSSR count). The highest BCUT2D eigenvalue weighted by Gasteiger charge is 2.01. The van der Waals surface area contributed by atoms with E-state index in [9.17, 15) is 0 Å². The predicted molar refractivity (Wildman–Crippen MR) is 54.8 cm³/mol. The Hall–Kier alpha value is -0.450. The van der Waals surface area contributed by atoms with Gasteiger partial charge in [-0.05, 0) is 0 Å². The Morgan fingerprint density at radius 1 is 1.62 bits per heavy atom. The summed E-state index contributed by atoms with van der Waals surface area (Å²) in [4.78, 5) is 4.40. The highest BCUT2D eigenvalue weighted by atomic mass is 32.1. The number of thiazole rings is 1. The van der Waals surface area contributed by atoms with E-state index in [4.69, 9.17) is 4.74 Å². The Morgan fingerprint density at radius 2 is 2.38 bits per heavy atom. The van der Waals surface area contributed by atoms with Crippen LogP contribution < -0.4 is 5.32 Å². The van der Waals surface area contributed by atoms with Gasteiger partial charge in [0.15, 0.2) is 0 Å². The van der Waals surface area contributed by atoms with Gasteiger partial charge >= 0.3 is 0 Å². The van der Waals surface area contributed by atoms with Gasteiger partial charge in [-0.3, -0.25) is 0 Å². The smallest absolute Gasteiger partial charge is 0.107 e. The minimum absolute atomic E-state index is 0.509. The van der Waals surface area contributed by atoms with Gasteiger partial charge in [0, 0.05) is 25.1 Å². The zero-order valence-corrected chi connectivity index (χ0v) is 9.15. The van der Waals surface area contributed by atoms with Gasteiger partial charge in [0.05, 0.1) is 12.3 Å². The molecule has 0 fully saturated rings. The fourth-order valence-corrected chi connectivity index (χ4v) is 1.67. The summed E-state index contributed by atoms with van der Waals surface area (Å²) in [5, 5.41) is 6.49. The SMILES string of the molecule is COCc1csc(CNC(C)C)n1. The molecule has 13 heavy (non-hydrogen) atoms. The number of rotatable bonds is 5. The lowest BCUT2D eigenvalue weighted by Crippen LogP contribution is -2.21. The molecule has 0 spiro atoms. The van der Waals surface area contributed by atoms with Gasteiger partial charge in [-0.15, -0.1) is 11.3 Å². The first kappa shape index (κ1) is 10.6. The Morgan fingerprint density at radius 3 is 3.00 bits per heavy atom. The third-order valence-corrected chi connectivity index (χ3v) is 2.45. The number of nitrogens with one attached hydrogen (secondary N) is 1. The molecule has 1 aromatic rings. The third-order valence-electron chi connectivity index (χ3n) is 1.55. The Balaban J connectivity index is 2.39. The molecule has 0 atom stereocenters. The Bertz CT molecular complexity index is 248. The molecule has 0 amide bonds. The van der Waals surface area contributed by atoms with Crippen molar-refractivity contribution in [2.45, 2.75) is 33.0 Å². The molecule has 0 radical (unpaired) electrons. The molecule has 4 heteroatoms. The van der Waals surface area contributed by atoms with Crippen molar-refractivity contribution < 1.29 is 4.74 Å². The summed E-state index contributed by atoms with van der Waals surface area (Å²) in [5.41, 5.74) is 1.02. The Kier molecular flexibility index (Phi) is 4.35. The number of ether oxygens (including phenoxy) is 1. The zero-order valence-electron chi connectivity index (χ0n) is 8.33. The quantitative estimate of drug-likeness (QED) is 0.787. The fourth-order valence-electron chi connectivity index (χ4n) is 0.936. The van der Waals surface area contributed by atoms with E-state index in [0.29, 0.717) is 12.6 Å². The summed E-state index contributed by atoms with van der Waals surface area (Å²) in [5.74, 6) is 0. The molecular formula is C9H16N2OS. The van der Waals surface area contributed by atoms with Crippen molar-refractivity contribution in [1.29, 1.82) is 0 Å². The van der Waals surface area contributed by atoms with Crippen LogP contribution in [-0.2, 0) is 17.9 Å². The number of aromatic nitrogens is 1. The topological polar surface area (TPSA) is 34.1 Å². The van der Waals surface area contributed by atoms with Gasteiger partial charge in [0.2, 0.25) is 0 Å². The molecule has 1 heterocycles. The van der Waals surface area contributed by atoms with Crippen LogP contribution >= 0.6 is 11.3 Å². The van der Waals surface area contributed by atoms with E-state index in [1.807, 2.05) is 5.38 Å². The van der Waals surface area contributed by atoms with Crippen LogP contribution in [0.1, 0.15) is 24.5 Å². The fraction of sp³-hybridized carbons (Fsp3) is 0.667. The third kappa shape index (κ3) is 3.85. The minimum Gasteiger partial charge on any atom is -0.378 e. The molecule has 0 bridgehead atoms. The molecular weight excluding hydrogens is 184 g/mol. The summed E-state index contributed by atoms with van der Waals surface area (Å²) in [6.45, 7) is 5.72. The molecule has 0 saturated carbocycles. The molecule has 0 aliphatic heterocycles. The van der Waals surface area contributed by atoms with E-state index in [2.05, 4.69) is 24.1 Å². The van der Waals surface area contributed by atoms with Crippen LogP contribution in [0, 0.1) is 0 Å². The maximum atomic E-state index is 4.99. The minimum atomic E-state index is 0.509. The van der Waals surface area contributed by atoms with E-state index in [-0.39, 0.29) is 0 Å². The lowest BCUT2D eigenvalue weighted by Gasteiger charge is -2.04. The maximum absolute atomic E-state index is 4.99. The number of methoxy groups -OCH3 is 1. The summed E-state index contributed by atoms with van der Waals surface area (Å²) >= 11 is 1.68. The molecule has 1 aromatic heterocycles. The number of hydrogen-bond donors (Lipinski definition) is 1. The molecule has 0 unspecified atom stereocenters. The number of nitrogens with zero attached hydrogens (tertiary/aromatic N) is 1. The van der Waals surface area contributed by atoms with Gasteiger partial charge in [-0.1, -0.05) is 13.8 Å². The average Bonchev–Trinajstić information content (AvgIpc) is 2.50. The van der Waals surface area contributed by atoms with Crippen molar-refractivity contribution >= 4 is 11.3 Å². The molecule has 0 saturated heterocycles. The summed E-state index contributed by atoms with van der Waals surface area (Å²) in [6.07, 6.45) is 0. The summed E-state index contributed by atoms with van der Waals surface area (Å²) < 4.78 is 4.99. The van der Waals surface area contributed by atoms with Crippen LogP contribution in [0.2, 0.25) is 0 Å². The second-order valence-corrected chi connectivity index (χ2v) is 4.14. The zero-order chi connectivity index (χ0) is 9.68. The van der Waals surface area contributed by atoms with Gasteiger partial charge in [-0.2, -0.15) is 0 Å². The lowest BCUT2D eigenvalue weighted by atomic mass is 10.4. The van der Waals surface area contributed by atoms with Gasteiger partial charge < -0.3 is 10.1 Å². The first-order valence-electron chi connectivity index (χ1n) is 4.38. The number of hydrogen-bond acceptors (Lipinski definition) is 4. The average molecular weight is 200 g/mol. The molecule has 0 aliphatic carbocycles. The van der Waals surface area contributed by atoms with Crippen molar-refractivity contribution in [3.63, 3.8) is 0 Å². The van der Waals surface area contributed by atoms with E-state index in [1.165, 1.54) is 0 Å². The van der Waals surface area contributed by atoms with Gasteiger partial charge in [-0.25, -0.2) is 4.98 Å². The van der Waals surface area contributed by atoms with Crippen LogP contribution in [0.25, 0.3) is 0 Å². The van der Waals surface area contributed by atoms with Crippen molar-refractivity contribution in [3.05, 3.63) is 16.1 Å². The highest BCUT2D eigenvalue weighted by molar-refractivity contribution is 7.09. The Labute approximate surface area is 83.1 Å². The second-order valence-electron chi connectivity index (χ2n) is 3.20. The van der Waals surface area contributed by atoms with Crippen molar-refractivity contribution in [3.8, 4) is 0 Å². The van der Waals surface area contributed by atoms with E-state index in [0.717, 1.165) is 17.2 Å². The van der Waals surface area contributed by atoms with Gasteiger partial charge in [0.25, 0.3) is 0 Å². The lowest BCUT2D eigenvalue weighted by molar-refractivity contribution is 0.182. The van der Waals surface area contributed by atoms with E-state index >= 15 is 0 Å². The van der Waals surface area contributed by atoms with Crippen LogP contribution in [0.15, 0.2) is 5.38 Å². The first-order chi connectivity index (χ1) is 6.22. The van der Waals surface area contributed by atoms with Gasteiger partial charge in [0.1, 0.15) is 5.01 Å². The summed E-state index contributed by atoms with van der Waals surface area (Å²) in [7, 11) is 1.69. The normalized spacial score (nSPS) is 11.1. The molecule has 1 N–H and O–H groups in total. The van der Waals surface area contributed by atoms with E-state index < -0.39 is 0 Å². The standard InChI is InChI=1S/C9H16N2OS/c1-7(2)10-4-9-11-8(5-12-3)6-13-9/h6-7,10H,4-5H2,1-3H3. The molecule has 0 aliphatic rings. The molecule has 0 aromatic carbocycles. The monoisotopic (exact) mass is 200 g/mol. The highest BCUT2D eigenvalue weighted by Crippen LogP contribution is 2.10. The molecule has 3 nitrogen and oxygen atoms in total. The largest absolute Gasteiger partial charge is 0.378 e. The van der Waals surface area contributed by atoms with Crippen LogP contribution in [-0.4, -0.2) is 18.1 Å². The summed E-state index contributed by atoms with van der Waals surface area (Å²) in [6, 6.07) is 0.509. The van der Waals surface area contributed by atoms with E-state index in [1.54, 1.807) is 18.4 Å². The van der Waals surface area contributed by atoms with Crippen LogP contribution in [0.3, 0.4) is 0 Å². The van der Waals surface area contributed by atoms with Crippen molar-refractivity contribution in [2.75, 3.05) is 7.11 Å². The van der Waals surface area contributed by atoms with Crippen LogP contribution in [0.5, 0.6) is 0 Å². The first-order valence-corrected chi connectivity index (χ1v) is 5.26. The predicted octanol–water partition coefficient (Wildman–Crippen LogP) is 1.79. The maximum Gasteiger partial charge on any atom is 0.107 e.